The van der Waals surface area contributed by atoms with Gasteiger partial charge in [0, 0.05) is 10.0 Å². The summed E-state index contributed by atoms with van der Waals surface area (Å²) in [5, 5.41) is 1.06. The zero-order valence-corrected chi connectivity index (χ0v) is 9.03. The summed E-state index contributed by atoms with van der Waals surface area (Å²) < 4.78 is 0. The third-order valence-electron chi connectivity index (χ3n) is 1.38. The van der Waals surface area contributed by atoms with E-state index in [1.54, 1.807) is 18.2 Å². The van der Waals surface area contributed by atoms with Crippen LogP contribution >= 0.6 is 39.1 Å². The lowest BCUT2D eigenvalue weighted by molar-refractivity contribution is -0.107. The second-order valence-corrected chi connectivity index (χ2v) is 4.03. The van der Waals surface area contributed by atoms with Gasteiger partial charge in [-0.1, -0.05) is 45.2 Å². The van der Waals surface area contributed by atoms with E-state index in [4.69, 9.17) is 23.2 Å². The molecule has 0 heterocycles. The minimum atomic E-state index is -0.359. The zero-order valence-electron chi connectivity index (χ0n) is 5.93. The number of halogens is 3. The Hall–Kier alpha value is -0.0500. The van der Waals surface area contributed by atoms with Crippen LogP contribution in [0.1, 0.15) is 10.4 Å². The predicted octanol–water partition coefficient (Wildman–Crippen LogP) is 3.63. The Kier molecular flexibility index (Phi) is 3.56. The predicted molar refractivity (Wildman–Crippen MR) is 54.2 cm³/mol. The molecule has 0 spiro atoms. The summed E-state index contributed by atoms with van der Waals surface area (Å²) in [6.07, 6.45) is 0.773. The summed E-state index contributed by atoms with van der Waals surface area (Å²) in [6, 6.07) is 5.02. The Morgan fingerprint density at radius 2 is 2.08 bits per heavy atom. The smallest absolute Gasteiger partial charge is 0.138 e. The van der Waals surface area contributed by atoms with Gasteiger partial charge in [0.1, 0.15) is 6.29 Å². The number of hydrogen-bond acceptors (Lipinski definition) is 1. The number of benzene rings is 1. The molecule has 0 saturated heterocycles. The Morgan fingerprint density at radius 1 is 1.42 bits per heavy atom. The highest BCUT2D eigenvalue weighted by Gasteiger charge is 2.09. The summed E-state index contributed by atoms with van der Waals surface area (Å²) in [6.45, 7) is 0. The van der Waals surface area contributed by atoms with Crippen LogP contribution in [0.25, 0.3) is 0 Å². The van der Waals surface area contributed by atoms with Gasteiger partial charge >= 0.3 is 0 Å². The van der Waals surface area contributed by atoms with Crippen molar-refractivity contribution in [2.24, 2.45) is 0 Å². The highest BCUT2D eigenvalue weighted by atomic mass is 79.9. The lowest BCUT2D eigenvalue weighted by Gasteiger charge is -2.04. The molecule has 1 aromatic rings. The first-order valence-electron chi connectivity index (χ1n) is 3.19. The molecule has 0 bridgehead atoms. The molecule has 0 aliphatic rings. The molecule has 0 saturated carbocycles. The van der Waals surface area contributed by atoms with Gasteiger partial charge in [-0.15, -0.1) is 0 Å². The fourth-order valence-corrected chi connectivity index (χ4v) is 1.86. The first-order chi connectivity index (χ1) is 5.65. The van der Waals surface area contributed by atoms with Crippen LogP contribution in [-0.2, 0) is 4.79 Å². The zero-order chi connectivity index (χ0) is 9.14. The minimum Gasteiger partial charge on any atom is -0.302 e. The van der Waals surface area contributed by atoms with Crippen molar-refractivity contribution in [1.29, 1.82) is 0 Å². The summed E-state index contributed by atoms with van der Waals surface area (Å²) in [4.78, 5) is 10.0. The van der Waals surface area contributed by atoms with Crippen molar-refractivity contribution in [1.82, 2.24) is 0 Å². The monoisotopic (exact) mass is 266 g/mol. The molecule has 0 aliphatic heterocycles. The van der Waals surface area contributed by atoms with Gasteiger partial charge in [-0.05, 0) is 17.7 Å². The molecule has 0 aliphatic carbocycles. The summed E-state index contributed by atoms with van der Waals surface area (Å²) in [7, 11) is 0. The fraction of sp³-hybridized carbons (Fsp3) is 0.125. The Labute approximate surface area is 88.8 Å². The van der Waals surface area contributed by atoms with E-state index in [-0.39, 0.29) is 4.83 Å². The number of carbonyl (C=O) groups excluding carboxylic acids is 1. The quantitative estimate of drug-likeness (QED) is 0.591. The molecule has 64 valence electrons. The van der Waals surface area contributed by atoms with Gasteiger partial charge < -0.3 is 4.79 Å². The fourth-order valence-electron chi connectivity index (χ4n) is 0.798. The Morgan fingerprint density at radius 3 is 2.58 bits per heavy atom. The van der Waals surface area contributed by atoms with Crippen molar-refractivity contribution in [3.05, 3.63) is 33.8 Å². The average molecular weight is 268 g/mol. The van der Waals surface area contributed by atoms with Crippen LogP contribution in [-0.4, -0.2) is 6.29 Å². The van der Waals surface area contributed by atoms with Crippen LogP contribution in [0.3, 0.4) is 0 Å². The van der Waals surface area contributed by atoms with E-state index >= 15 is 0 Å². The third kappa shape index (κ3) is 2.22. The molecule has 0 N–H and O–H groups in total. The summed E-state index contributed by atoms with van der Waals surface area (Å²) >= 11 is 14.7. The molecule has 1 aromatic carbocycles. The maximum Gasteiger partial charge on any atom is 0.138 e. The van der Waals surface area contributed by atoms with Crippen LogP contribution in [0, 0.1) is 0 Å². The topological polar surface area (TPSA) is 17.1 Å². The lowest BCUT2D eigenvalue weighted by Crippen LogP contribution is -1.91. The van der Waals surface area contributed by atoms with Gasteiger partial charge in [0.05, 0.1) is 4.83 Å². The van der Waals surface area contributed by atoms with Crippen molar-refractivity contribution in [2.75, 3.05) is 0 Å². The molecule has 0 unspecified atom stereocenters. The van der Waals surface area contributed by atoms with Crippen molar-refractivity contribution in [3.8, 4) is 0 Å². The van der Waals surface area contributed by atoms with E-state index in [1.807, 2.05) is 0 Å². The van der Waals surface area contributed by atoms with E-state index in [9.17, 15) is 4.79 Å². The SMILES string of the molecule is O=C[C@@H](Br)c1ccc(Cl)cc1Cl. The molecule has 12 heavy (non-hydrogen) atoms. The first kappa shape index (κ1) is 10.0. The lowest BCUT2D eigenvalue weighted by atomic mass is 10.2. The van der Waals surface area contributed by atoms with Gasteiger partial charge in [-0.3, -0.25) is 0 Å². The standard InChI is InChI=1S/C8H5BrCl2O/c9-7(4-12)6-2-1-5(10)3-8(6)11/h1-4,7H/t7-/m1/s1. The van der Waals surface area contributed by atoms with Crippen molar-refractivity contribution >= 4 is 45.4 Å². The third-order valence-corrected chi connectivity index (χ3v) is 2.65. The maximum absolute atomic E-state index is 10.4. The van der Waals surface area contributed by atoms with E-state index < -0.39 is 0 Å². The second-order valence-electron chi connectivity index (χ2n) is 2.20. The molecule has 1 atom stereocenters. The molecule has 0 fully saturated rings. The van der Waals surface area contributed by atoms with Gasteiger partial charge in [0.25, 0.3) is 0 Å². The number of aldehydes is 1. The number of rotatable bonds is 2. The molecule has 0 radical (unpaired) electrons. The van der Waals surface area contributed by atoms with E-state index in [0.29, 0.717) is 10.0 Å². The van der Waals surface area contributed by atoms with Crippen LogP contribution in [0.15, 0.2) is 18.2 Å². The first-order valence-corrected chi connectivity index (χ1v) is 4.86. The molecule has 1 rings (SSSR count). The van der Waals surface area contributed by atoms with E-state index in [2.05, 4.69) is 15.9 Å². The van der Waals surface area contributed by atoms with Gasteiger partial charge in [-0.25, -0.2) is 0 Å². The van der Waals surface area contributed by atoms with Crippen LogP contribution in [0.5, 0.6) is 0 Å². The van der Waals surface area contributed by atoms with Crippen molar-refractivity contribution in [2.45, 2.75) is 4.83 Å². The molecule has 4 heteroatoms. The van der Waals surface area contributed by atoms with Crippen LogP contribution in [0.4, 0.5) is 0 Å². The Bertz CT molecular complexity index is 301. The maximum atomic E-state index is 10.4. The molecule has 1 nitrogen and oxygen atoms in total. The van der Waals surface area contributed by atoms with Crippen molar-refractivity contribution < 1.29 is 4.79 Å². The Balaban J connectivity index is 3.09. The average Bonchev–Trinajstić information content (AvgIpc) is 2.03. The van der Waals surface area contributed by atoms with Gasteiger partial charge in [-0.2, -0.15) is 0 Å². The minimum absolute atomic E-state index is 0.359. The molecular weight excluding hydrogens is 263 g/mol. The highest BCUT2D eigenvalue weighted by molar-refractivity contribution is 9.09. The highest BCUT2D eigenvalue weighted by Crippen LogP contribution is 2.29. The number of alkyl halides is 1. The molecular formula is C8H5BrCl2O. The molecule has 0 amide bonds. The van der Waals surface area contributed by atoms with E-state index in [1.165, 1.54) is 0 Å². The molecule has 0 aromatic heterocycles. The second kappa shape index (κ2) is 4.26. The van der Waals surface area contributed by atoms with E-state index in [0.717, 1.165) is 11.8 Å². The van der Waals surface area contributed by atoms with Crippen LogP contribution < -0.4 is 0 Å². The summed E-state index contributed by atoms with van der Waals surface area (Å²) in [5.74, 6) is 0. The largest absolute Gasteiger partial charge is 0.302 e. The van der Waals surface area contributed by atoms with Crippen molar-refractivity contribution in [3.63, 3.8) is 0 Å². The van der Waals surface area contributed by atoms with Gasteiger partial charge in [0.2, 0.25) is 0 Å². The number of hydrogen-bond donors (Lipinski definition) is 0. The van der Waals surface area contributed by atoms with Crippen LogP contribution in [0.2, 0.25) is 10.0 Å². The number of carbonyl (C=O) groups is 1. The summed E-state index contributed by atoms with van der Waals surface area (Å²) in [5.41, 5.74) is 0.732. The van der Waals surface area contributed by atoms with Gasteiger partial charge in [0.15, 0.2) is 0 Å². The normalized spacial score (nSPS) is 12.6.